The van der Waals surface area contributed by atoms with Crippen LogP contribution in [0.4, 0.5) is 11.4 Å². The van der Waals surface area contributed by atoms with Crippen LogP contribution in [0.2, 0.25) is 5.02 Å². The normalized spacial score (nSPS) is 10.2. The second kappa shape index (κ2) is 5.76. The van der Waals surface area contributed by atoms with Gasteiger partial charge in [0.2, 0.25) is 5.91 Å². The van der Waals surface area contributed by atoms with Gasteiger partial charge in [0.25, 0.3) is 0 Å². The zero-order valence-corrected chi connectivity index (χ0v) is 11.4. The Balaban J connectivity index is 2.03. The molecule has 98 valence electrons. The topological polar surface area (TPSA) is 55.1 Å². The molecule has 0 aliphatic heterocycles. The minimum atomic E-state index is -0.101. The van der Waals surface area contributed by atoms with Crippen molar-refractivity contribution in [3.63, 3.8) is 0 Å². The van der Waals surface area contributed by atoms with Crippen LogP contribution >= 0.6 is 11.6 Å². The highest BCUT2D eigenvalue weighted by Crippen LogP contribution is 2.22. The number of benzene rings is 2. The van der Waals surface area contributed by atoms with Crippen LogP contribution in [0.15, 0.2) is 42.5 Å². The van der Waals surface area contributed by atoms with Gasteiger partial charge in [0.1, 0.15) is 0 Å². The Morgan fingerprint density at radius 1 is 1.21 bits per heavy atom. The molecule has 0 unspecified atom stereocenters. The van der Waals surface area contributed by atoms with Crippen LogP contribution in [-0.4, -0.2) is 5.91 Å². The maximum absolute atomic E-state index is 11.9. The van der Waals surface area contributed by atoms with E-state index in [2.05, 4.69) is 5.32 Å². The average molecular weight is 275 g/mol. The largest absolute Gasteiger partial charge is 0.399 e. The van der Waals surface area contributed by atoms with E-state index in [9.17, 15) is 4.79 Å². The van der Waals surface area contributed by atoms with Crippen molar-refractivity contribution < 1.29 is 4.79 Å². The lowest BCUT2D eigenvalue weighted by atomic mass is 10.1. The summed E-state index contributed by atoms with van der Waals surface area (Å²) in [5.74, 6) is -0.101. The third-order valence-electron chi connectivity index (χ3n) is 2.74. The van der Waals surface area contributed by atoms with E-state index >= 15 is 0 Å². The molecule has 3 N–H and O–H groups in total. The molecule has 19 heavy (non-hydrogen) atoms. The van der Waals surface area contributed by atoms with Crippen molar-refractivity contribution in [1.29, 1.82) is 0 Å². The summed E-state index contributed by atoms with van der Waals surface area (Å²) in [5, 5.41) is 3.35. The standard InChI is InChI=1S/C15H15ClN2O/c1-10-2-7-14(13(16)8-10)18-15(19)9-11-3-5-12(17)6-4-11/h2-8H,9,17H2,1H3,(H,18,19). The molecule has 1 amide bonds. The molecule has 0 fully saturated rings. The molecule has 4 heteroatoms. The van der Waals surface area contributed by atoms with E-state index in [4.69, 9.17) is 17.3 Å². The number of rotatable bonds is 3. The molecule has 0 radical (unpaired) electrons. The number of nitrogen functional groups attached to an aromatic ring is 1. The van der Waals surface area contributed by atoms with E-state index in [1.54, 1.807) is 18.2 Å². The van der Waals surface area contributed by atoms with Crippen molar-refractivity contribution in [2.45, 2.75) is 13.3 Å². The molecule has 0 atom stereocenters. The smallest absolute Gasteiger partial charge is 0.228 e. The minimum Gasteiger partial charge on any atom is -0.399 e. The Bertz CT molecular complexity index is 594. The molecule has 2 aromatic rings. The first-order valence-corrected chi connectivity index (χ1v) is 6.33. The number of hydrogen-bond donors (Lipinski definition) is 2. The molecule has 0 spiro atoms. The maximum Gasteiger partial charge on any atom is 0.228 e. The van der Waals surface area contributed by atoms with Gasteiger partial charge in [-0.3, -0.25) is 4.79 Å². The van der Waals surface area contributed by atoms with Gasteiger partial charge >= 0.3 is 0 Å². The third kappa shape index (κ3) is 3.73. The van der Waals surface area contributed by atoms with Gasteiger partial charge in [0, 0.05) is 5.69 Å². The van der Waals surface area contributed by atoms with Gasteiger partial charge in [0.15, 0.2) is 0 Å². The monoisotopic (exact) mass is 274 g/mol. The molecule has 0 saturated carbocycles. The van der Waals surface area contributed by atoms with E-state index < -0.39 is 0 Å². The van der Waals surface area contributed by atoms with Crippen molar-refractivity contribution in [3.05, 3.63) is 58.6 Å². The molecule has 2 aromatic carbocycles. The van der Waals surface area contributed by atoms with Gasteiger partial charge in [-0.2, -0.15) is 0 Å². The second-order valence-electron chi connectivity index (χ2n) is 4.45. The molecular weight excluding hydrogens is 260 g/mol. The fraction of sp³-hybridized carbons (Fsp3) is 0.133. The van der Waals surface area contributed by atoms with Gasteiger partial charge in [-0.15, -0.1) is 0 Å². The van der Waals surface area contributed by atoms with Gasteiger partial charge in [-0.25, -0.2) is 0 Å². The first kappa shape index (κ1) is 13.4. The summed E-state index contributed by atoms with van der Waals surface area (Å²) in [7, 11) is 0. The second-order valence-corrected chi connectivity index (χ2v) is 4.86. The van der Waals surface area contributed by atoms with Gasteiger partial charge < -0.3 is 11.1 Å². The number of hydrogen-bond acceptors (Lipinski definition) is 2. The Morgan fingerprint density at radius 3 is 2.53 bits per heavy atom. The highest BCUT2D eigenvalue weighted by Gasteiger charge is 2.07. The first-order chi connectivity index (χ1) is 9.04. The van der Waals surface area contributed by atoms with E-state index in [1.807, 2.05) is 31.2 Å². The molecular formula is C15H15ClN2O. The summed E-state index contributed by atoms with van der Waals surface area (Å²) in [6.45, 7) is 1.95. The third-order valence-corrected chi connectivity index (χ3v) is 3.06. The molecule has 0 aromatic heterocycles. The highest BCUT2D eigenvalue weighted by molar-refractivity contribution is 6.33. The molecule has 0 aliphatic carbocycles. The molecule has 3 nitrogen and oxygen atoms in total. The average Bonchev–Trinajstić information content (AvgIpc) is 2.36. The molecule has 2 rings (SSSR count). The van der Waals surface area contributed by atoms with Gasteiger partial charge in [0.05, 0.1) is 17.1 Å². The summed E-state index contributed by atoms with van der Waals surface area (Å²) >= 11 is 6.07. The Morgan fingerprint density at radius 2 is 1.89 bits per heavy atom. The zero-order valence-electron chi connectivity index (χ0n) is 10.6. The number of aryl methyl sites for hydroxylation is 1. The molecule has 0 aliphatic rings. The fourth-order valence-corrected chi connectivity index (χ4v) is 2.02. The van der Waals surface area contributed by atoms with Crippen LogP contribution in [0.25, 0.3) is 0 Å². The predicted molar refractivity (Wildman–Crippen MR) is 79.4 cm³/mol. The quantitative estimate of drug-likeness (QED) is 0.843. The summed E-state index contributed by atoms with van der Waals surface area (Å²) < 4.78 is 0. The number of carbonyl (C=O) groups excluding carboxylic acids is 1. The highest BCUT2D eigenvalue weighted by atomic mass is 35.5. The summed E-state index contributed by atoms with van der Waals surface area (Å²) in [4.78, 5) is 11.9. The van der Waals surface area contributed by atoms with Crippen molar-refractivity contribution in [2.75, 3.05) is 11.1 Å². The summed E-state index contributed by atoms with van der Waals surface area (Å²) in [6.07, 6.45) is 0.296. The number of nitrogens with one attached hydrogen (secondary N) is 1. The van der Waals surface area contributed by atoms with Gasteiger partial charge in [-0.05, 0) is 42.3 Å². The Labute approximate surface area is 117 Å². The Kier molecular flexibility index (Phi) is 4.07. The van der Waals surface area contributed by atoms with E-state index in [0.717, 1.165) is 11.1 Å². The predicted octanol–water partition coefficient (Wildman–Crippen LogP) is 3.41. The van der Waals surface area contributed by atoms with E-state index in [-0.39, 0.29) is 5.91 Å². The van der Waals surface area contributed by atoms with E-state index in [0.29, 0.717) is 22.8 Å². The first-order valence-electron chi connectivity index (χ1n) is 5.95. The lowest BCUT2D eigenvalue weighted by Crippen LogP contribution is -2.14. The zero-order chi connectivity index (χ0) is 13.8. The lowest BCUT2D eigenvalue weighted by molar-refractivity contribution is -0.115. The molecule has 0 heterocycles. The minimum absolute atomic E-state index is 0.101. The van der Waals surface area contributed by atoms with Crippen LogP contribution in [0.3, 0.4) is 0 Å². The Hall–Kier alpha value is -2.00. The maximum atomic E-state index is 11.9. The fourth-order valence-electron chi connectivity index (χ4n) is 1.74. The van der Waals surface area contributed by atoms with Crippen molar-refractivity contribution in [3.8, 4) is 0 Å². The summed E-state index contributed by atoms with van der Waals surface area (Å²) in [6, 6.07) is 12.8. The van der Waals surface area contributed by atoms with Crippen molar-refractivity contribution in [2.24, 2.45) is 0 Å². The van der Waals surface area contributed by atoms with E-state index in [1.165, 1.54) is 0 Å². The number of halogens is 1. The number of anilines is 2. The van der Waals surface area contributed by atoms with Crippen molar-refractivity contribution >= 4 is 28.9 Å². The van der Waals surface area contributed by atoms with Crippen LogP contribution in [0, 0.1) is 6.92 Å². The molecule has 0 saturated heterocycles. The van der Waals surface area contributed by atoms with Crippen LogP contribution in [-0.2, 0) is 11.2 Å². The van der Waals surface area contributed by atoms with Crippen molar-refractivity contribution in [1.82, 2.24) is 0 Å². The van der Waals surface area contributed by atoms with Crippen LogP contribution in [0.5, 0.6) is 0 Å². The molecule has 0 bridgehead atoms. The SMILES string of the molecule is Cc1ccc(NC(=O)Cc2ccc(N)cc2)c(Cl)c1. The number of carbonyl (C=O) groups is 1. The van der Waals surface area contributed by atoms with Crippen LogP contribution in [0.1, 0.15) is 11.1 Å². The van der Waals surface area contributed by atoms with Crippen LogP contribution < -0.4 is 11.1 Å². The number of nitrogens with two attached hydrogens (primary N) is 1. The summed E-state index contributed by atoms with van der Waals surface area (Å²) in [5.41, 5.74) is 8.88. The van der Waals surface area contributed by atoms with Gasteiger partial charge in [-0.1, -0.05) is 29.8 Å². The number of amides is 1. The lowest BCUT2D eigenvalue weighted by Gasteiger charge is -2.08.